The summed E-state index contributed by atoms with van der Waals surface area (Å²) in [6.07, 6.45) is 2.93. The molecule has 1 aliphatic heterocycles. The van der Waals surface area contributed by atoms with E-state index < -0.39 is 15.8 Å². The Balaban J connectivity index is 1.70. The minimum absolute atomic E-state index is 0.273. The predicted octanol–water partition coefficient (Wildman–Crippen LogP) is 1.14. The second-order valence-corrected chi connectivity index (χ2v) is 7.28. The number of hydrogen-bond donors (Lipinski definition) is 2. The topological polar surface area (TPSA) is 67.4 Å². The van der Waals surface area contributed by atoms with Gasteiger partial charge in [-0.05, 0) is 37.0 Å². The Morgan fingerprint density at radius 3 is 2.67 bits per heavy atom. The van der Waals surface area contributed by atoms with Crippen LogP contribution in [0.15, 0.2) is 23.1 Å². The number of hydrogen-bond acceptors (Lipinski definition) is 4. The van der Waals surface area contributed by atoms with Gasteiger partial charge in [-0.2, -0.15) is 0 Å². The summed E-state index contributed by atoms with van der Waals surface area (Å²) in [5.41, 5.74) is 0.752. The zero-order chi connectivity index (χ0) is 14.9. The van der Waals surface area contributed by atoms with Crippen molar-refractivity contribution in [1.82, 2.24) is 10.0 Å². The van der Waals surface area contributed by atoms with Gasteiger partial charge in [-0.25, -0.2) is 17.5 Å². The first-order chi connectivity index (χ1) is 10.0. The SMILES string of the molecule is O=S(=O)(NC1CCOC1)c1ccc(CNC2CC2)cc1F. The van der Waals surface area contributed by atoms with Crippen molar-refractivity contribution in [3.63, 3.8) is 0 Å². The van der Waals surface area contributed by atoms with Crippen LogP contribution in [0.1, 0.15) is 24.8 Å². The molecule has 1 heterocycles. The minimum Gasteiger partial charge on any atom is -0.380 e. The van der Waals surface area contributed by atoms with Crippen molar-refractivity contribution in [2.24, 2.45) is 0 Å². The van der Waals surface area contributed by atoms with E-state index in [9.17, 15) is 12.8 Å². The highest BCUT2D eigenvalue weighted by molar-refractivity contribution is 7.89. The molecule has 1 aliphatic carbocycles. The van der Waals surface area contributed by atoms with E-state index in [1.807, 2.05) is 0 Å². The molecule has 2 fully saturated rings. The van der Waals surface area contributed by atoms with Crippen LogP contribution in [0.4, 0.5) is 4.39 Å². The Labute approximate surface area is 123 Å². The Morgan fingerprint density at radius 1 is 1.24 bits per heavy atom. The molecule has 1 aromatic carbocycles. The molecule has 1 atom stereocenters. The Hall–Kier alpha value is -1.02. The predicted molar refractivity (Wildman–Crippen MR) is 75.8 cm³/mol. The monoisotopic (exact) mass is 314 g/mol. The Morgan fingerprint density at radius 2 is 2.05 bits per heavy atom. The molecule has 21 heavy (non-hydrogen) atoms. The molecule has 1 saturated heterocycles. The van der Waals surface area contributed by atoms with Crippen LogP contribution in [0.5, 0.6) is 0 Å². The molecule has 116 valence electrons. The van der Waals surface area contributed by atoms with Gasteiger partial charge in [-0.3, -0.25) is 0 Å². The third-order valence-corrected chi connectivity index (χ3v) is 5.26. The summed E-state index contributed by atoms with van der Waals surface area (Å²) in [7, 11) is -3.84. The summed E-state index contributed by atoms with van der Waals surface area (Å²) >= 11 is 0. The van der Waals surface area contributed by atoms with Gasteiger partial charge >= 0.3 is 0 Å². The first-order valence-corrected chi connectivity index (χ1v) is 8.65. The van der Waals surface area contributed by atoms with Crippen LogP contribution in [0.25, 0.3) is 0 Å². The van der Waals surface area contributed by atoms with Gasteiger partial charge in [0, 0.05) is 25.2 Å². The lowest BCUT2D eigenvalue weighted by molar-refractivity contribution is 0.192. The maximum atomic E-state index is 14.1. The second kappa shape index (κ2) is 6.00. The van der Waals surface area contributed by atoms with E-state index in [0.717, 1.165) is 18.4 Å². The van der Waals surface area contributed by atoms with Crippen molar-refractivity contribution in [3.8, 4) is 0 Å². The zero-order valence-corrected chi connectivity index (χ0v) is 12.5. The van der Waals surface area contributed by atoms with Gasteiger partial charge in [0.15, 0.2) is 0 Å². The van der Waals surface area contributed by atoms with Gasteiger partial charge in [0.1, 0.15) is 10.7 Å². The fourth-order valence-electron chi connectivity index (χ4n) is 2.33. The third-order valence-electron chi connectivity index (χ3n) is 3.71. The van der Waals surface area contributed by atoms with Crippen molar-refractivity contribution < 1.29 is 17.5 Å². The van der Waals surface area contributed by atoms with Crippen LogP contribution in [-0.2, 0) is 21.3 Å². The van der Waals surface area contributed by atoms with Crippen LogP contribution in [0, 0.1) is 5.82 Å². The standard InChI is InChI=1S/C14H19FN2O3S/c15-13-7-10(8-16-11-2-3-11)1-4-14(13)21(18,19)17-12-5-6-20-9-12/h1,4,7,11-12,16-17H,2-3,5-6,8-9H2. The quantitative estimate of drug-likeness (QED) is 0.826. The van der Waals surface area contributed by atoms with Crippen molar-refractivity contribution >= 4 is 10.0 Å². The van der Waals surface area contributed by atoms with Crippen LogP contribution in [0.3, 0.4) is 0 Å². The third kappa shape index (κ3) is 3.79. The molecule has 2 aliphatic rings. The molecular weight excluding hydrogens is 295 g/mol. The highest BCUT2D eigenvalue weighted by Gasteiger charge is 2.26. The summed E-state index contributed by atoms with van der Waals surface area (Å²) in [4.78, 5) is -0.301. The summed E-state index contributed by atoms with van der Waals surface area (Å²) in [5, 5.41) is 3.27. The molecule has 0 bridgehead atoms. The number of nitrogens with one attached hydrogen (secondary N) is 2. The molecule has 0 amide bonds. The highest BCUT2D eigenvalue weighted by Crippen LogP contribution is 2.21. The van der Waals surface area contributed by atoms with E-state index in [2.05, 4.69) is 10.0 Å². The maximum absolute atomic E-state index is 14.1. The van der Waals surface area contributed by atoms with Crippen LogP contribution in [-0.4, -0.2) is 33.7 Å². The van der Waals surface area contributed by atoms with Crippen molar-refractivity contribution in [3.05, 3.63) is 29.6 Å². The van der Waals surface area contributed by atoms with Crippen molar-refractivity contribution in [2.75, 3.05) is 13.2 Å². The Kier molecular flexibility index (Phi) is 4.26. The largest absolute Gasteiger partial charge is 0.380 e. The molecule has 7 heteroatoms. The van der Waals surface area contributed by atoms with Gasteiger partial charge in [0.25, 0.3) is 0 Å². The lowest BCUT2D eigenvalue weighted by Gasteiger charge is -2.12. The van der Waals surface area contributed by atoms with E-state index in [0.29, 0.717) is 32.2 Å². The fraction of sp³-hybridized carbons (Fsp3) is 0.571. The average Bonchev–Trinajstić information content (AvgIpc) is 3.13. The molecule has 0 aromatic heterocycles. The normalized spacial score (nSPS) is 22.6. The van der Waals surface area contributed by atoms with E-state index in [-0.39, 0.29) is 10.9 Å². The molecule has 0 spiro atoms. The van der Waals surface area contributed by atoms with Crippen molar-refractivity contribution in [2.45, 2.75) is 42.8 Å². The van der Waals surface area contributed by atoms with Gasteiger partial charge in [0.05, 0.1) is 6.61 Å². The van der Waals surface area contributed by atoms with E-state index in [4.69, 9.17) is 4.74 Å². The molecule has 5 nitrogen and oxygen atoms in total. The smallest absolute Gasteiger partial charge is 0.243 e. The molecule has 2 N–H and O–H groups in total. The molecule has 1 aromatic rings. The van der Waals surface area contributed by atoms with Gasteiger partial charge in [-0.1, -0.05) is 6.07 Å². The highest BCUT2D eigenvalue weighted by atomic mass is 32.2. The number of sulfonamides is 1. The van der Waals surface area contributed by atoms with Crippen molar-refractivity contribution in [1.29, 1.82) is 0 Å². The molecule has 1 saturated carbocycles. The van der Waals surface area contributed by atoms with Crippen LogP contribution in [0.2, 0.25) is 0 Å². The lowest BCUT2D eigenvalue weighted by Crippen LogP contribution is -2.35. The molecule has 1 unspecified atom stereocenters. The summed E-state index contributed by atoms with van der Waals surface area (Å²) in [6, 6.07) is 4.52. The maximum Gasteiger partial charge on any atom is 0.243 e. The van der Waals surface area contributed by atoms with E-state index in [1.54, 1.807) is 6.07 Å². The van der Waals surface area contributed by atoms with E-state index >= 15 is 0 Å². The molecule has 0 radical (unpaired) electrons. The van der Waals surface area contributed by atoms with Crippen LogP contribution < -0.4 is 10.0 Å². The summed E-state index contributed by atoms with van der Waals surface area (Å²) in [5.74, 6) is -0.712. The Bertz CT molecular complexity index is 611. The zero-order valence-electron chi connectivity index (χ0n) is 11.6. The number of halogens is 1. The van der Waals surface area contributed by atoms with Gasteiger partial charge in [0.2, 0.25) is 10.0 Å². The fourth-order valence-corrected chi connectivity index (χ4v) is 3.65. The lowest BCUT2D eigenvalue weighted by atomic mass is 10.2. The minimum atomic E-state index is -3.84. The number of benzene rings is 1. The summed E-state index contributed by atoms with van der Waals surface area (Å²) in [6.45, 7) is 1.43. The van der Waals surface area contributed by atoms with E-state index in [1.165, 1.54) is 12.1 Å². The van der Waals surface area contributed by atoms with Gasteiger partial charge < -0.3 is 10.1 Å². The summed E-state index contributed by atoms with van der Waals surface area (Å²) < 4.78 is 46.0. The average molecular weight is 314 g/mol. The van der Waals surface area contributed by atoms with Gasteiger partial charge in [-0.15, -0.1) is 0 Å². The first-order valence-electron chi connectivity index (χ1n) is 7.16. The number of rotatable bonds is 6. The van der Waals surface area contributed by atoms with Crippen LogP contribution >= 0.6 is 0 Å². The first kappa shape index (κ1) is 14.9. The molecule has 3 rings (SSSR count). The number of ether oxygens (including phenoxy) is 1. The second-order valence-electron chi connectivity index (χ2n) is 5.60. The molecular formula is C14H19FN2O3S.